The highest BCUT2D eigenvalue weighted by Gasteiger charge is 2.30. The molecule has 0 aliphatic carbocycles. The molecule has 8 heteroatoms. The van der Waals surface area contributed by atoms with Crippen molar-refractivity contribution in [1.29, 1.82) is 0 Å². The van der Waals surface area contributed by atoms with Gasteiger partial charge in [0.25, 0.3) is 0 Å². The monoisotopic (exact) mass is 497 g/mol. The van der Waals surface area contributed by atoms with Crippen LogP contribution < -0.4 is 9.47 Å². The van der Waals surface area contributed by atoms with Crippen LogP contribution in [0, 0.1) is 0 Å². The molecular weight excluding hydrogens is 471 g/mol. The van der Waals surface area contributed by atoms with E-state index in [2.05, 4.69) is 11.9 Å². The zero-order valence-corrected chi connectivity index (χ0v) is 19.7. The van der Waals surface area contributed by atoms with Crippen LogP contribution in [0.25, 0.3) is 10.9 Å². The number of H-pyrrole nitrogens is 1. The predicted molar refractivity (Wildman–Crippen MR) is 131 cm³/mol. The minimum absolute atomic E-state index is 0.0155. The van der Waals surface area contributed by atoms with Gasteiger partial charge in [0, 0.05) is 17.6 Å². The highest BCUT2D eigenvalue weighted by atomic mass is 19.4. The third-order valence-electron chi connectivity index (χ3n) is 5.69. The van der Waals surface area contributed by atoms with E-state index in [1.54, 1.807) is 12.1 Å². The molecule has 1 heterocycles. The third-order valence-corrected chi connectivity index (χ3v) is 5.69. The number of benzene rings is 3. The van der Waals surface area contributed by atoms with Crippen LogP contribution in [-0.4, -0.2) is 22.7 Å². The molecule has 3 aromatic carbocycles. The number of ether oxygens (including phenoxy) is 2. The Bertz CT molecular complexity index is 1340. The zero-order valence-electron chi connectivity index (χ0n) is 19.7. The lowest BCUT2D eigenvalue weighted by atomic mass is 10.1. The topological polar surface area (TPSA) is 71.6 Å². The van der Waals surface area contributed by atoms with Gasteiger partial charge < -0.3 is 19.6 Å². The fourth-order valence-electron chi connectivity index (χ4n) is 4.01. The van der Waals surface area contributed by atoms with E-state index in [0.29, 0.717) is 24.5 Å². The second kappa shape index (κ2) is 10.8. The molecule has 0 atom stereocenters. The van der Waals surface area contributed by atoms with E-state index in [9.17, 15) is 18.0 Å². The summed E-state index contributed by atoms with van der Waals surface area (Å²) in [4.78, 5) is 14.3. The quantitative estimate of drug-likeness (QED) is 0.243. The van der Waals surface area contributed by atoms with E-state index in [4.69, 9.17) is 14.6 Å². The van der Waals surface area contributed by atoms with Gasteiger partial charge in [0.05, 0.1) is 18.6 Å². The molecule has 0 aliphatic rings. The summed E-state index contributed by atoms with van der Waals surface area (Å²) in [6.07, 6.45) is -2.11. The maximum atomic E-state index is 12.8. The molecule has 36 heavy (non-hydrogen) atoms. The van der Waals surface area contributed by atoms with Crippen LogP contribution in [0.4, 0.5) is 13.2 Å². The van der Waals surface area contributed by atoms with Crippen molar-refractivity contribution in [1.82, 2.24) is 4.98 Å². The Balaban J connectivity index is 1.40. The van der Waals surface area contributed by atoms with Gasteiger partial charge in [-0.15, -0.1) is 0 Å². The van der Waals surface area contributed by atoms with E-state index < -0.39 is 17.7 Å². The number of aromatic nitrogens is 1. The second-order valence-corrected chi connectivity index (χ2v) is 8.53. The molecule has 5 nitrogen and oxygen atoms in total. The van der Waals surface area contributed by atoms with Crippen LogP contribution in [-0.2, 0) is 30.2 Å². The van der Waals surface area contributed by atoms with E-state index in [-0.39, 0.29) is 6.42 Å². The second-order valence-electron chi connectivity index (χ2n) is 8.53. The highest BCUT2D eigenvalue weighted by Crippen LogP contribution is 2.33. The standard InChI is InChI=1S/C28H26F3NO4/c1-2-3-19-17-24(36-23-7-5-21(6-8-23)28(29,30)31)9-11-26(19)35-13-12-22-16-20-14-18(15-27(33)34)4-10-25(20)32-22/h4-11,14,16-17,32H,2-3,12-13,15H2,1H3,(H,33,34). The van der Waals surface area contributed by atoms with Gasteiger partial charge in [-0.25, -0.2) is 0 Å². The minimum Gasteiger partial charge on any atom is -0.493 e. The van der Waals surface area contributed by atoms with E-state index in [1.807, 2.05) is 30.3 Å². The van der Waals surface area contributed by atoms with Gasteiger partial charge in [-0.05, 0) is 83.6 Å². The lowest BCUT2D eigenvalue weighted by Crippen LogP contribution is -2.04. The van der Waals surface area contributed by atoms with Crippen molar-refractivity contribution < 1.29 is 32.5 Å². The highest BCUT2D eigenvalue weighted by molar-refractivity contribution is 5.82. The molecule has 4 rings (SSSR count). The summed E-state index contributed by atoms with van der Waals surface area (Å²) in [7, 11) is 0. The van der Waals surface area contributed by atoms with Crippen molar-refractivity contribution in [3.05, 3.63) is 89.1 Å². The van der Waals surface area contributed by atoms with Gasteiger partial charge in [-0.2, -0.15) is 13.2 Å². The number of aromatic amines is 1. The number of hydrogen-bond acceptors (Lipinski definition) is 3. The molecule has 0 aliphatic heterocycles. The Kier molecular flexibility index (Phi) is 7.52. The van der Waals surface area contributed by atoms with Gasteiger partial charge in [0.2, 0.25) is 0 Å². The van der Waals surface area contributed by atoms with Crippen LogP contribution in [0.5, 0.6) is 17.2 Å². The molecule has 0 radical (unpaired) electrons. The first-order chi connectivity index (χ1) is 17.2. The van der Waals surface area contributed by atoms with Gasteiger partial charge >= 0.3 is 12.1 Å². The minimum atomic E-state index is -4.39. The molecule has 1 aromatic heterocycles. The van der Waals surface area contributed by atoms with Gasteiger partial charge in [0.1, 0.15) is 17.2 Å². The summed E-state index contributed by atoms with van der Waals surface area (Å²) in [5.74, 6) is 0.719. The molecule has 188 valence electrons. The molecule has 0 fully saturated rings. The summed E-state index contributed by atoms with van der Waals surface area (Å²) in [6, 6.07) is 17.6. The van der Waals surface area contributed by atoms with Gasteiger partial charge in [-0.3, -0.25) is 4.79 Å². The lowest BCUT2D eigenvalue weighted by molar-refractivity contribution is -0.138. The van der Waals surface area contributed by atoms with Crippen molar-refractivity contribution in [3.8, 4) is 17.2 Å². The molecule has 0 bridgehead atoms. The summed E-state index contributed by atoms with van der Waals surface area (Å²) in [5, 5.41) is 9.95. The van der Waals surface area contributed by atoms with Crippen molar-refractivity contribution in [2.75, 3.05) is 6.61 Å². The van der Waals surface area contributed by atoms with Gasteiger partial charge in [0.15, 0.2) is 0 Å². The smallest absolute Gasteiger partial charge is 0.416 e. The maximum absolute atomic E-state index is 12.8. The lowest BCUT2D eigenvalue weighted by Gasteiger charge is -2.14. The molecule has 4 aromatic rings. The zero-order chi connectivity index (χ0) is 25.7. The van der Waals surface area contributed by atoms with Gasteiger partial charge in [-0.1, -0.05) is 19.4 Å². The predicted octanol–water partition coefficient (Wildman–Crippen LogP) is 7.18. The SMILES string of the molecule is CCCc1cc(Oc2ccc(C(F)(F)F)cc2)ccc1OCCc1cc2cc(CC(=O)O)ccc2[nH]1. The van der Waals surface area contributed by atoms with Crippen molar-refractivity contribution in [2.24, 2.45) is 0 Å². The van der Waals surface area contributed by atoms with E-state index in [1.165, 1.54) is 12.1 Å². The maximum Gasteiger partial charge on any atom is 0.416 e. The Morgan fingerprint density at radius 3 is 2.39 bits per heavy atom. The third kappa shape index (κ3) is 6.38. The van der Waals surface area contributed by atoms with Crippen LogP contribution in [0.2, 0.25) is 0 Å². The molecule has 0 saturated carbocycles. The first-order valence-electron chi connectivity index (χ1n) is 11.6. The number of carboxylic acid groups (broad SMARTS) is 1. The summed E-state index contributed by atoms with van der Waals surface area (Å²) in [5.41, 5.74) is 2.91. The Morgan fingerprint density at radius 1 is 0.944 bits per heavy atom. The number of carbonyl (C=O) groups is 1. The average Bonchev–Trinajstić information content (AvgIpc) is 3.22. The average molecular weight is 498 g/mol. The molecule has 0 spiro atoms. The van der Waals surface area contributed by atoms with Crippen molar-refractivity contribution in [3.63, 3.8) is 0 Å². The Morgan fingerprint density at radius 2 is 1.69 bits per heavy atom. The van der Waals surface area contributed by atoms with Crippen LogP contribution in [0.1, 0.15) is 35.7 Å². The number of halogens is 3. The largest absolute Gasteiger partial charge is 0.493 e. The number of alkyl halides is 3. The summed E-state index contributed by atoms with van der Waals surface area (Å²) < 4.78 is 50.1. The fourth-order valence-corrected chi connectivity index (χ4v) is 4.01. The van der Waals surface area contributed by atoms with Crippen molar-refractivity contribution in [2.45, 2.75) is 38.8 Å². The number of fused-ring (bicyclic) bond motifs is 1. The van der Waals surface area contributed by atoms with E-state index >= 15 is 0 Å². The summed E-state index contributed by atoms with van der Waals surface area (Å²) in [6.45, 7) is 2.49. The summed E-state index contributed by atoms with van der Waals surface area (Å²) >= 11 is 0. The number of hydrogen-bond donors (Lipinski definition) is 2. The number of nitrogens with one attached hydrogen (secondary N) is 1. The number of rotatable bonds is 10. The number of aliphatic carboxylic acids is 1. The number of carboxylic acids is 1. The Labute approximate surface area is 206 Å². The van der Waals surface area contributed by atoms with Crippen LogP contribution in [0.15, 0.2) is 66.7 Å². The first kappa shape index (κ1) is 25.2. The Hall–Kier alpha value is -3.94. The molecule has 0 unspecified atom stereocenters. The molecule has 0 amide bonds. The number of aryl methyl sites for hydroxylation is 1. The van der Waals surface area contributed by atoms with Crippen LogP contribution >= 0.6 is 0 Å². The van der Waals surface area contributed by atoms with Crippen molar-refractivity contribution >= 4 is 16.9 Å². The molecular formula is C28H26F3NO4. The molecule has 0 saturated heterocycles. The first-order valence-corrected chi connectivity index (χ1v) is 11.6. The van der Waals surface area contributed by atoms with Crippen LogP contribution in [0.3, 0.4) is 0 Å². The normalized spacial score (nSPS) is 11.6. The molecule has 2 N–H and O–H groups in total. The fraction of sp³-hybridized carbons (Fsp3) is 0.250. The van der Waals surface area contributed by atoms with E-state index in [0.717, 1.165) is 58.4 Å².